The lowest BCUT2D eigenvalue weighted by atomic mass is 9.99. The van der Waals surface area contributed by atoms with Crippen molar-refractivity contribution >= 4 is 5.91 Å². The molecule has 1 amide bonds. The van der Waals surface area contributed by atoms with Gasteiger partial charge >= 0.3 is 0 Å². The number of carbonyl (C=O) groups is 1. The van der Waals surface area contributed by atoms with Crippen molar-refractivity contribution in [2.75, 3.05) is 27.3 Å². The molecular weight excluding hydrogens is 320 g/mol. The summed E-state index contributed by atoms with van der Waals surface area (Å²) in [5.74, 6) is 1.49. The van der Waals surface area contributed by atoms with Gasteiger partial charge in [0.1, 0.15) is 0 Å². The number of hydrogen-bond acceptors (Lipinski definition) is 5. The second-order valence-electron chi connectivity index (χ2n) is 6.24. The van der Waals surface area contributed by atoms with E-state index in [2.05, 4.69) is 15.2 Å². The van der Waals surface area contributed by atoms with Crippen LogP contribution < -0.4 is 14.8 Å². The molecule has 1 aromatic heterocycles. The van der Waals surface area contributed by atoms with Gasteiger partial charge in [-0.05, 0) is 29.7 Å². The fraction of sp³-hybridized carbons (Fsp3) is 0.444. The Hall–Kier alpha value is -2.54. The fourth-order valence-electron chi connectivity index (χ4n) is 3.08. The summed E-state index contributed by atoms with van der Waals surface area (Å²) in [5.41, 5.74) is 3.29. The van der Waals surface area contributed by atoms with Gasteiger partial charge in [0, 0.05) is 26.3 Å². The summed E-state index contributed by atoms with van der Waals surface area (Å²) in [7, 11) is 5.19. The molecule has 7 nitrogen and oxygen atoms in total. The highest BCUT2D eigenvalue weighted by Crippen LogP contribution is 2.33. The third kappa shape index (κ3) is 4.11. The highest BCUT2D eigenvalue weighted by molar-refractivity contribution is 5.78. The van der Waals surface area contributed by atoms with Crippen molar-refractivity contribution < 1.29 is 14.3 Å². The first kappa shape index (κ1) is 17.3. The molecule has 7 heteroatoms. The zero-order valence-corrected chi connectivity index (χ0v) is 14.9. The van der Waals surface area contributed by atoms with Gasteiger partial charge in [0.2, 0.25) is 5.91 Å². The second-order valence-corrected chi connectivity index (χ2v) is 6.24. The van der Waals surface area contributed by atoms with Gasteiger partial charge in [-0.3, -0.25) is 9.69 Å². The van der Waals surface area contributed by atoms with Crippen LogP contribution in [-0.4, -0.2) is 47.7 Å². The van der Waals surface area contributed by atoms with E-state index in [1.165, 1.54) is 11.1 Å². The molecule has 1 aliphatic rings. The fourth-order valence-corrected chi connectivity index (χ4v) is 3.08. The van der Waals surface area contributed by atoms with Gasteiger partial charge in [-0.25, -0.2) is 4.98 Å². The second kappa shape index (κ2) is 7.57. The monoisotopic (exact) mass is 344 g/mol. The number of ether oxygens (including phenoxy) is 2. The number of fused-ring (bicyclic) bond motifs is 1. The van der Waals surface area contributed by atoms with Crippen molar-refractivity contribution in [3.8, 4) is 11.5 Å². The Balaban J connectivity index is 1.57. The van der Waals surface area contributed by atoms with Gasteiger partial charge in [-0.2, -0.15) is 0 Å². The normalized spacial score (nSPS) is 14.0. The number of methoxy groups -OCH3 is 2. The molecule has 1 N–H and O–H groups in total. The predicted molar refractivity (Wildman–Crippen MR) is 93.6 cm³/mol. The maximum Gasteiger partial charge on any atom is 0.234 e. The molecule has 0 saturated heterocycles. The van der Waals surface area contributed by atoms with Gasteiger partial charge in [0.15, 0.2) is 11.5 Å². The minimum Gasteiger partial charge on any atom is -0.493 e. The van der Waals surface area contributed by atoms with Crippen molar-refractivity contribution in [3.05, 3.63) is 41.5 Å². The van der Waals surface area contributed by atoms with E-state index < -0.39 is 0 Å². The van der Waals surface area contributed by atoms with Crippen LogP contribution in [0, 0.1) is 0 Å². The van der Waals surface area contributed by atoms with Crippen molar-refractivity contribution in [2.45, 2.75) is 19.5 Å². The van der Waals surface area contributed by atoms with E-state index >= 15 is 0 Å². The highest BCUT2D eigenvalue weighted by atomic mass is 16.5. The highest BCUT2D eigenvalue weighted by Gasteiger charge is 2.21. The Morgan fingerprint density at radius 1 is 1.24 bits per heavy atom. The number of benzene rings is 1. The smallest absolute Gasteiger partial charge is 0.234 e. The van der Waals surface area contributed by atoms with Crippen molar-refractivity contribution in [2.24, 2.45) is 7.05 Å². The van der Waals surface area contributed by atoms with Crippen LogP contribution in [0.5, 0.6) is 11.5 Å². The van der Waals surface area contributed by atoms with E-state index in [1.54, 1.807) is 20.5 Å². The number of aromatic nitrogens is 2. The molecule has 134 valence electrons. The zero-order chi connectivity index (χ0) is 17.8. The molecule has 0 unspecified atom stereocenters. The van der Waals surface area contributed by atoms with E-state index in [0.29, 0.717) is 13.1 Å². The summed E-state index contributed by atoms with van der Waals surface area (Å²) in [4.78, 5) is 18.5. The van der Waals surface area contributed by atoms with Gasteiger partial charge in [0.25, 0.3) is 0 Å². The van der Waals surface area contributed by atoms with E-state index in [4.69, 9.17) is 9.47 Å². The summed E-state index contributed by atoms with van der Waals surface area (Å²) < 4.78 is 12.6. The third-order valence-corrected chi connectivity index (χ3v) is 4.39. The van der Waals surface area contributed by atoms with Crippen LogP contribution in [0.2, 0.25) is 0 Å². The Bertz CT molecular complexity index is 757. The molecule has 3 rings (SSSR count). The van der Waals surface area contributed by atoms with E-state index in [9.17, 15) is 4.79 Å². The van der Waals surface area contributed by atoms with Crippen molar-refractivity contribution in [1.82, 2.24) is 19.8 Å². The van der Waals surface area contributed by atoms with Crippen LogP contribution in [-0.2, 0) is 31.4 Å². The lowest BCUT2D eigenvalue weighted by Gasteiger charge is -2.29. The van der Waals surface area contributed by atoms with Crippen molar-refractivity contribution in [3.63, 3.8) is 0 Å². The van der Waals surface area contributed by atoms with Crippen molar-refractivity contribution in [1.29, 1.82) is 0 Å². The Kier molecular flexibility index (Phi) is 5.23. The molecule has 1 aromatic carbocycles. The first-order valence-electron chi connectivity index (χ1n) is 8.28. The van der Waals surface area contributed by atoms with Crippen LogP contribution in [0.4, 0.5) is 0 Å². The largest absolute Gasteiger partial charge is 0.493 e. The number of hydrogen-bond donors (Lipinski definition) is 1. The first-order valence-corrected chi connectivity index (χ1v) is 8.28. The topological polar surface area (TPSA) is 68.6 Å². The Morgan fingerprint density at radius 3 is 2.60 bits per heavy atom. The summed E-state index contributed by atoms with van der Waals surface area (Å²) >= 11 is 0. The summed E-state index contributed by atoms with van der Waals surface area (Å²) in [6.07, 6.45) is 4.52. The molecule has 1 aliphatic heterocycles. The number of amides is 1. The van der Waals surface area contributed by atoms with Crippen LogP contribution in [0.1, 0.15) is 16.8 Å². The number of carbonyl (C=O) groups excluding carboxylic acids is 1. The lowest BCUT2D eigenvalue weighted by molar-refractivity contribution is -0.122. The lowest BCUT2D eigenvalue weighted by Crippen LogP contribution is -2.39. The SMILES string of the molecule is COc1cc2c(cc1OC)CN(CC(=O)NCc1cn(C)cn1)CC2. The Labute approximate surface area is 147 Å². The summed E-state index contributed by atoms with van der Waals surface area (Å²) in [6.45, 7) is 2.40. The molecule has 0 radical (unpaired) electrons. The summed E-state index contributed by atoms with van der Waals surface area (Å²) in [6, 6.07) is 4.04. The maximum atomic E-state index is 12.2. The van der Waals surface area contributed by atoms with E-state index in [1.807, 2.05) is 29.9 Å². The number of nitrogens with zero attached hydrogens (tertiary/aromatic N) is 3. The minimum atomic E-state index is 0.00887. The van der Waals surface area contributed by atoms with Gasteiger partial charge < -0.3 is 19.4 Å². The summed E-state index contributed by atoms with van der Waals surface area (Å²) in [5, 5.41) is 2.92. The molecule has 0 spiro atoms. The molecule has 25 heavy (non-hydrogen) atoms. The molecule has 0 fully saturated rings. The molecule has 0 saturated carbocycles. The van der Waals surface area contributed by atoms with E-state index in [0.717, 1.165) is 36.7 Å². The number of imidazole rings is 1. The van der Waals surface area contributed by atoms with Crippen LogP contribution in [0.25, 0.3) is 0 Å². The molecule has 2 heterocycles. The average Bonchev–Trinajstić information content (AvgIpc) is 3.04. The first-order chi connectivity index (χ1) is 12.1. The van der Waals surface area contributed by atoms with Gasteiger partial charge in [0.05, 0.1) is 39.3 Å². The van der Waals surface area contributed by atoms with Gasteiger partial charge in [-0.15, -0.1) is 0 Å². The average molecular weight is 344 g/mol. The number of nitrogens with one attached hydrogen (secondary N) is 1. The molecule has 0 aliphatic carbocycles. The molecule has 0 atom stereocenters. The van der Waals surface area contributed by atoms with Crippen LogP contribution in [0.3, 0.4) is 0 Å². The van der Waals surface area contributed by atoms with Crippen LogP contribution in [0.15, 0.2) is 24.7 Å². The molecule has 0 bridgehead atoms. The van der Waals surface area contributed by atoms with Gasteiger partial charge in [-0.1, -0.05) is 0 Å². The minimum absolute atomic E-state index is 0.00887. The zero-order valence-electron chi connectivity index (χ0n) is 14.9. The molecular formula is C18H24N4O3. The van der Waals surface area contributed by atoms with Crippen LogP contribution >= 0.6 is 0 Å². The predicted octanol–water partition coefficient (Wildman–Crippen LogP) is 1.11. The Morgan fingerprint density at radius 2 is 1.96 bits per heavy atom. The number of rotatable bonds is 6. The standard InChI is InChI=1S/C18H24N4O3/c1-21-10-15(20-12-21)8-19-18(23)11-22-5-4-13-6-16(24-2)17(25-3)7-14(13)9-22/h6-7,10,12H,4-5,8-9,11H2,1-3H3,(H,19,23). The number of aryl methyl sites for hydroxylation is 1. The maximum absolute atomic E-state index is 12.2. The molecule has 2 aromatic rings. The quantitative estimate of drug-likeness (QED) is 0.850. The van der Waals surface area contributed by atoms with E-state index in [-0.39, 0.29) is 5.91 Å². The third-order valence-electron chi connectivity index (χ3n) is 4.39.